The molecule has 112 valence electrons. The molecule has 0 aliphatic carbocycles. The van der Waals surface area contributed by atoms with Crippen LogP contribution in [0.4, 0.5) is 0 Å². The molecule has 1 fully saturated rings. The van der Waals surface area contributed by atoms with Gasteiger partial charge in [-0.2, -0.15) is 0 Å². The van der Waals surface area contributed by atoms with E-state index in [1.807, 2.05) is 20.9 Å². The molecule has 1 aliphatic rings. The number of piperidine rings is 1. The van der Waals surface area contributed by atoms with Crippen molar-refractivity contribution in [3.8, 4) is 0 Å². The third-order valence-corrected chi connectivity index (χ3v) is 5.25. The van der Waals surface area contributed by atoms with Crippen LogP contribution in [0.3, 0.4) is 0 Å². The van der Waals surface area contributed by atoms with Gasteiger partial charge in [-0.25, -0.2) is 8.42 Å². The molecule has 0 aromatic heterocycles. The molecule has 1 aliphatic heterocycles. The van der Waals surface area contributed by atoms with Crippen molar-refractivity contribution in [3.05, 3.63) is 0 Å². The first-order valence-electron chi connectivity index (χ1n) is 6.97. The number of rotatable bonds is 6. The fourth-order valence-corrected chi connectivity index (χ4v) is 4.21. The first-order chi connectivity index (χ1) is 8.84. The predicted molar refractivity (Wildman–Crippen MR) is 76.7 cm³/mol. The molecule has 0 spiro atoms. The van der Waals surface area contributed by atoms with E-state index in [2.05, 4.69) is 5.32 Å². The van der Waals surface area contributed by atoms with Gasteiger partial charge in [0.1, 0.15) is 5.75 Å². The first-order valence-corrected chi connectivity index (χ1v) is 8.79. The minimum absolute atomic E-state index is 0.0687. The lowest BCUT2D eigenvalue weighted by Crippen LogP contribution is -2.43. The van der Waals surface area contributed by atoms with Crippen LogP contribution < -0.4 is 5.32 Å². The van der Waals surface area contributed by atoms with E-state index < -0.39 is 9.84 Å². The molecule has 0 bridgehead atoms. The molecule has 1 N–H and O–H groups in total. The topological polar surface area (TPSA) is 66.5 Å². The third kappa shape index (κ3) is 5.91. The number of amides is 1. The zero-order valence-electron chi connectivity index (χ0n) is 12.2. The van der Waals surface area contributed by atoms with Crippen LogP contribution in [0.25, 0.3) is 0 Å². The normalized spacial score (nSPS) is 18.0. The molecule has 1 amide bonds. The summed E-state index contributed by atoms with van der Waals surface area (Å²) in [6, 6.07) is 0. The number of sulfone groups is 1. The first kappa shape index (κ1) is 16.4. The van der Waals surface area contributed by atoms with Crippen LogP contribution in [0.1, 0.15) is 26.7 Å². The van der Waals surface area contributed by atoms with E-state index in [1.165, 1.54) is 0 Å². The number of hydrogen-bond acceptors (Lipinski definition) is 4. The summed E-state index contributed by atoms with van der Waals surface area (Å²) >= 11 is 0. The van der Waals surface area contributed by atoms with Crippen LogP contribution in [0.15, 0.2) is 0 Å². The summed E-state index contributed by atoms with van der Waals surface area (Å²) in [5.41, 5.74) is 0. The molecule has 1 saturated heterocycles. The lowest BCUT2D eigenvalue weighted by molar-refractivity contribution is -0.129. The fraction of sp³-hybridized carbons (Fsp3) is 0.923. The van der Waals surface area contributed by atoms with Gasteiger partial charge < -0.3 is 10.2 Å². The van der Waals surface area contributed by atoms with Gasteiger partial charge in [0.15, 0.2) is 9.84 Å². The van der Waals surface area contributed by atoms with E-state index in [1.54, 1.807) is 4.90 Å². The minimum Gasteiger partial charge on any atom is -0.342 e. The SMILES string of the molecule is CNCC1CCN(C(=O)CS(=O)(=O)CC(C)C)CC1. The van der Waals surface area contributed by atoms with Crippen LogP contribution in [-0.4, -0.2) is 57.4 Å². The smallest absolute Gasteiger partial charge is 0.237 e. The Kier molecular flexibility index (Phi) is 6.26. The standard InChI is InChI=1S/C13H26N2O3S/c1-11(2)9-19(17,18)10-13(16)15-6-4-12(5-7-15)8-14-3/h11-12,14H,4-10H2,1-3H3. The van der Waals surface area contributed by atoms with Crippen LogP contribution in [0, 0.1) is 11.8 Å². The largest absolute Gasteiger partial charge is 0.342 e. The van der Waals surface area contributed by atoms with E-state index in [-0.39, 0.29) is 23.3 Å². The van der Waals surface area contributed by atoms with Gasteiger partial charge in [0.2, 0.25) is 5.91 Å². The van der Waals surface area contributed by atoms with E-state index in [0.717, 1.165) is 19.4 Å². The Morgan fingerprint density at radius 2 is 1.89 bits per heavy atom. The van der Waals surface area contributed by atoms with Gasteiger partial charge in [-0.3, -0.25) is 4.79 Å². The highest BCUT2D eigenvalue weighted by molar-refractivity contribution is 7.92. The van der Waals surface area contributed by atoms with Crippen LogP contribution >= 0.6 is 0 Å². The van der Waals surface area contributed by atoms with Gasteiger partial charge in [-0.1, -0.05) is 13.8 Å². The van der Waals surface area contributed by atoms with Crippen molar-refractivity contribution in [2.24, 2.45) is 11.8 Å². The fourth-order valence-electron chi connectivity index (χ4n) is 2.52. The highest BCUT2D eigenvalue weighted by atomic mass is 32.2. The Morgan fingerprint density at radius 3 is 2.37 bits per heavy atom. The summed E-state index contributed by atoms with van der Waals surface area (Å²) in [6.45, 7) is 6.04. The summed E-state index contributed by atoms with van der Waals surface area (Å²) in [7, 11) is -1.33. The molecule has 19 heavy (non-hydrogen) atoms. The highest BCUT2D eigenvalue weighted by Crippen LogP contribution is 2.16. The molecule has 1 heterocycles. The Morgan fingerprint density at radius 1 is 1.32 bits per heavy atom. The summed E-state index contributed by atoms with van der Waals surface area (Å²) < 4.78 is 23.6. The zero-order valence-corrected chi connectivity index (χ0v) is 13.0. The average molecular weight is 290 g/mol. The molecule has 0 aromatic rings. The van der Waals surface area contributed by atoms with E-state index >= 15 is 0 Å². The number of hydrogen-bond donors (Lipinski definition) is 1. The van der Waals surface area contributed by atoms with E-state index in [9.17, 15) is 13.2 Å². The number of likely N-dealkylation sites (tertiary alicyclic amines) is 1. The summed E-state index contributed by atoms with van der Waals surface area (Å²) in [6.07, 6.45) is 1.91. The van der Waals surface area contributed by atoms with Gasteiger partial charge in [-0.15, -0.1) is 0 Å². The van der Waals surface area contributed by atoms with Crippen LogP contribution in [0.2, 0.25) is 0 Å². The van der Waals surface area contributed by atoms with Crippen molar-refractivity contribution in [1.82, 2.24) is 10.2 Å². The molecular weight excluding hydrogens is 264 g/mol. The predicted octanol–water partition coefficient (Wildman–Crippen LogP) is 0.515. The average Bonchev–Trinajstić information content (AvgIpc) is 2.27. The van der Waals surface area contributed by atoms with Gasteiger partial charge in [0.25, 0.3) is 0 Å². The lowest BCUT2D eigenvalue weighted by Gasteiger charge is -2.32. The number of carbonyl (C=O) groups is 1. The molecule has 0 unspecified atom stereocenters. The third-order valence-electron chi connectivity index (χ3n) is 3.39. The van der Waals surface area contributed by atoms with Gasteiger partial charge in [0.05, 0.1) is 5.75 Å². The van der Waals surface area contributed by atoms with Crippen molar-refractivity contribution in [2.75, 3.05) is 38.2 Å². The lowest BCUT2D eigenvalue weighted by atomic mass is 9.97. The summed E-state index contributed by atoms with van der Waals surface area (Å²) in [5.74, 6) is 0.195. The molecule has 6 heteroatoms. The van der Waals surface area contributed by atoms with Crippen LogP contribution in [0.5, 0.6) is 0 Å². The van der Waals surface area contributed by atoms with Crippen molar-refractivity contribution >= 4 is 15.7 Å². The number of nitrogens with zero attached hydrogens (tertiary/aromatic N) is 1. The maximum absolute atomic E-state index is 12.0. The van der Waals surface area contributed by atoms with E-state index in [0.29, 0.717) is 19.0 Å². The monoisotopic (exact) mass is 290 g/mol. The number of carbonyl (C=O) groups excluding carboxylic acids is 1. The quantitative estimate of drug-likeness (QED) is 0.774. The van der Waals surface area contributed by atoms with Crippen molar-refractivity contribution in [1.29, 1.82) is 0 Å². The second-order valence-corrected chi connectivity index (χ2v) is 7.94. The van der Waals surface area contributed by atoms with Crippen LogP contribution in [-0.2, 0) is 14.6 Å². The molecule has 0 atom stereocenters. The van der Waals surface area contributed by atoms with E-state index in [4.69, 9.17) is 0 Å². The van der Waals surface area contributed by atoms with Gasteiger partial charge in [-0.05, 0) is 38.3 Å². The molecule has 0 aromatic carbocycles. The van der Waals surface area contributed by atoms with Crippen molar-refractivity contribution in [2.45, 2.75) is 26.7 Å². The van der Waals surface area contributed by atoms with Crippen molar-refractivity contribution < 1.29 is 13.2 Å². The Hall–Kier alpha value is -0.620. The second kappa shape index (κ2) is 7.24. The highest BCUT2D eigenvalue weighted by Gasteiger charge is 2.26. The van der Waals surface area contributed by atoms with Gasteiger partial charge in [0, 0.05) is 13.1 Å². The van der Waals surface area contributed by atoms with Gasteiger partial charge >= 0.3 is 0 Å². The Bertz CT molecular complexity index is 385. The summed E-state index contributed by atoms with van der Waals surface area (Å²) in [4.78, 5) is 13.7. The molecular formula is C13H26N2O3S. The Balaban J connectivity index is 2.43. The minimum atomic E-state index is -3.26. The zero-order chi connectivity index (χ0) is 14.5. The maximum Gasteiger partial charge on any atom is 0.237 e. The molecule has 1 rings (SSSR count). The Labute approximate surface area is 116 Å². The van der Waals surface area contributed by atoms with Crippen molar-refractivity contribution in [3.63, 3.8) is 0 Å². The second-order valence-electron chi connectivity index (χ2n) is 5.83. The molecule has 5 nitrogen and oxygen atoms in total. The molecule has 0 radical (unpaired) electrons. The summed E-state index contributed by atoms with van der Waals surface area (Å²) in [5, 5.41) is 3.14. The number of nitrogens with one attached hydrogen (secondary N) is 1. The maximum atomic E-state index is 12.0. The molecule has 0 saturated carbocycles.